The van der Waals surface area contributed by atoms with E-state index in [4.69, 9.17) is 0 Å². The maximum Gasteiger partial charge on any atom is 0.137 e. The Bertz CT molecular complexity index is 961. The summed E-state index contributed by atoms with van der Waals surface area (Å²) in [6, 6.07) is 26.4. The van der Waals surface area contributed by atoms with Gasteiger partial charge >= 0.3 is 0 Å². The van der Waals surface area contributed by atoms with Gasteiger partial charge in [0.1, 0.15) is 5.75 Å². The Labute approximate surface area is 133 Å². The number of fused-ring (bicyclic) bond motifs is 3. The van der Waals surface area contributed by atoms with E-state index in [1.54, 1.807) is 11.8 Å². The van der Waals surface area contributed by atoms with E-state index in [0.717, 1.165) is 25.9 Å². The fourth-order valence-corrected chi connectivity index (χ4v) is 3.82. The standard InChI is InChI=1S/C20H14OS/c21-19-17-12-6-4-10-15(17)16-11-5-7-13-18(16)20(19)22-14-8-2-1-3-9-14/h1-13,21H. The number of aromatic hydroxyl groups is 1. The minimum absolute atomic E-state index is 0.364. The third-order valence-corrected chi connectivity index (χ3v) is 4.95. The number of benzene rings is 4. The van der Waals surface area contributed by atoms with Crippen molar-refractivity contribution in [2.24, 2.45) is 0 Å². The Hall–Kier alpha value is -2.45. The summed E-state index contributed by atoms with van der Waals surface area (Å²) in [5.74, 6) is 0.364. The van der Waals surface area contributed by atoms with Crippen molar-refractivity contribution >= 4 is 33.3 Å². The van der Waals surface area contributed by atoms with E-state index in [1.165, 1.54) is 5.39 Å². The molecular formula is C20H14OS. The quantitative estimate of drug-likeness (QED) is 0.469. The molecule has 2 heteroatoms. The second-order valence-corrected chi connectivity index (χ2v) is 6.27. The van der Waals surface area contributed by atoms with Crippen LogP contribution in [0.3, 0.4) is 0 Å². The van der Waals surface area contributed by atoms with Gasteiger partial charge in [0.05, 0.1) is 4.90 Å². The van der Waals surface area contributed by atoms with Gasteiger partial charge in [0.2, 0.25) is 0 Å². The van der Waals surface area contributed by atoms with Crippen molar-refractivity contribution < 1.29 is 5.11 Å². The Morgan fingerprint density at radius 3 is 1.73 bits per heavy atom. The van der Waals surface area contributed by atoms with Crippen LogP contribution >= 0.6 is 11.8 Å². The van der Waals surface area contributed by atoms with E-state index >= 15 is 0 Å². The molecule has 0 saturated heterocycles. The van der Waals surface area contributed by atoms with Crippen LogP contribution < -0.4 is 0 Å². The molecule has 0 saturated carbocycles. The maximum absolute atomic E-state index is 10.8. The highest BCUT2D eigenvalue weighted by atomic mass is 32.2. The SMILES string of the molecule is Oc1c(Sc2ccccc2)c2ccccc2c2ccccc12. The molecule has 0 fully saturated rings. The van der Waals surface area contributed by atoms with E-state index < -0.39 is 0 Å². The first-order valence-electron chi connectivity index (χ1n) is 7.20. The summed E-state index contributed by atoms with van der Waals surface area (Å²) in [4.78, 5) is 2.04. The molecule has 0 heterocycles. The first-order chi connectivity index (χ1) is 10.8. The lowest BCUT2D eigenvalue weighted by atomic mass is 10.0. The van der Waals surface area contributed by atoms with Crippen LogP contribution in [-0.2, 0) is 0 Å². The molecule has 1 nitrogen and oxygen atoms in total. The fraction of sp³-hybridized carbons (Fsp3) is 0. The molecule has 22 heavy (non-hydrogen) atoms. The molecule has 0 amide bonds. The van der Waals surface area contributed by atoms with Crippen LogP contribution in [0, 0.1) is 0 Å². The van der Waals surface area contributed by atoms with Crippen molar-refractivity contribution in [2.45, 2.75) is 9.79 Å². The molecule has 0 spiro atoms. The predicted octanol–water partition coefficient (Wildman–Crippen LogP) is 5.85. The van der Waals surface area contributed by atoms with Crippen LogP contribution in [0.15, 0.2) is 88.7 Å². The second-order valence-electron chi connectivity index (χ2n) is 5.18. The topological polar surface area (TPSA) is 20.2 Å². The first-order valence-corrected chi connectivity index (χ1v) is 8.01. The summed E-state index contributed by atoms with van der Waals surface area (Å²) < 4.78 is 0. The van der Waals surface area contributed by atoms with Gasteiger partial charge in [-0.25, -0.2) is 0 Å². The molecule has 106 valence electrons. The van der Waals surface area contributed by atoms with Crippen molar-refractivity contribution in [3.63, 3.8) is 0 Å². The van der Waals surface area contributed by atoms with Crippen molar-refractivity contribution in [1.29, 1.82) is 0 Å². The van der Waals surface area contributed by atoms with Crippen LogP contribution in [-0.4, -0.2) is 5.11 Å². The van der Waals surface area contributed by atoms with Crippen molar-refractivity contribution in [3.05, 3.63) is 78.9 Å². The van der Waals surface area contributed by atoms with Crippen LogP contribution in [0.25, 0.3) is 21.5 Å². The summed E-state index contributed by atoms with van der Waals surface area (Å²) in [5.41, 5.74) is 0. The average Bonchev–Trinajstić information content (AvgIpc) is 2.59. The second kappa shape index (κ2) is 5.39. The minimum Gasteiger partial charge on any atom is -0.506 e. The van der Waals surface area contributed by atoms with Crippen LogP contribution in [0.5, 0.6) is 5.75 Å². The van der Waals surface area contributed by atoms with Gasteiger partial charge in [0, 0.05) is 10.3 Å². The monoisotopic (exact) mass is 302 g/mol. The summed E-state index contributed by atoms with van der Waals surface area (Å²) in [6.45, 7) is 0. The molecule has 0 aliphatic heterocycles. The normalized spacial score (nSPS) is 11.1. The Morgan fingerprint density at radius 2 is 1.05 bits per heavy atom. The summed E-state index contributed by atoms with van der Waals surface area (Å²) in [5, 5.41) is 15.0. The smallest absolute Gasteiger partial charge is 0.137 e. The third kappa shape index (κ3) is 2.13. The Kier molecular flexibility index (Phi) is 3.24. The minimum atomic E-state index is 0.364. The van der Waals surface area contributed by atoms with Crippen molar-refractivity contribution in [3.8, 4) is 5.75 Å². The molecule has 0 atom stereocenters. The first kappa shape index (κ1) is 13.2. The average molecular weight is 302 g/mol. The van der Waals surface area contributed by atoms with Crippen LogP contribution in [0.2, 0.25) is 0 Å². The summed E-state index contributed by atoms with van der Waals surface area (Å²) in [7, 11) is 0. The lowest BCUT2D eigenvalue weighted by Crippen LogP contribution is -1.84. The largest absolute Gasteiger partial charge is 0.506 e. The molecule has 0 bridgehead atoms. The van der Waals surface area contributed by atoms with E-state index in [-0.39, 0.29) is 0 Å². The van der Waals surface area contributed by atoms with Gasteiger partial charge in [-0.05, 0) is 28.3 Å². The van der Waals surface area contributed by atoms with E-state index in [1.807, 2.05) is 48.5 Å². The zero-order chi connectivity index (χ0) is 14.9. The highest BCUT2D eigenvalue weighted by Gasteiger charge is 2.14. The lowest BCUT2D eigenvalue weighted by Gasteiger charge is -2.13. The number of hydrogen-bond acceptors (Lipinski definition) is 2. The van der Waals surface area contributed by atoms with Crippen molar-refractivity contribution in [1.82, 2.24) is 0 Å². The zero-order valence-corrected chi connectivity index (χ0v) is 12.7. The number of hydrogen-bond donors (Lipinski definition) is 1. The molecule has 0 aliphatic carbocycles. The maximum atomic E-state index is 10.8. The molecular weight excluding hydrogens is 288 g/mol. The molecule has 4 aromatic rings. The zero-order valence-electron chi connectivity index (χ0n) is 11.9. The molecule has 4 aromatic carbocycles. The number of phenols is 1. The van der Waals surface area contributed by atoms with Gasteiger partial charge in [0.25, 0.3) is 0 Å². The van der Waals surface area contributed by atoms with Crippen LogP contribution in [0.1, 0.15) is 0 Å². The van der Waals surface area contributed by atoms with Crippen LogP contribution in [0.4, 0.5) is 0 Å². The fourth-order valence-electron chi connectivity index (χ4n) is 2.80. The third-order valence-electron chi connectivity index (χ3n) is 3.82. The Morgan fingerprint density at radius 1 is 0.545 bits per heavy atom. The molecule has 1 N–H and O–H groups in total. The molecule has 0 unspecified atom stereocenters. The summed E-state index contributed by atoms with van der Waals surface area (Å²) >= 11 is 1.61. The highest BCUT2D eigenvalue weighted by molar-refractivity contribution is 7.99. The van der Waals surface area contributed by atoms with Gasteiger partial charge in [-0.2, -0.15) is 0 Å². The highest BCUT2D eigenvalue weighted by Crippen LogP contribution is 2.44. The number of phenolic OH excluding ortho intramolecular Hbond substituents is 1. The molecule has 0 aromatic heterocycles. The number of rotatable bonds is 2. The van der Waals surface area contributed by atoms with Gasteiger partial charge in [0.15, 0.2) is 0 Å². The van der Waals surface area contributed by atoms with E-state index in [2.05, 4.69) is 30.3 Å². The van der Waals surface area contributed by atoms with Crippen molar-refractivity contribution in [2.75, 3.05) is 0 Å². The predicted molar refractivity (Wildman–Crippen MR) is 93.7 cm³/mol. The lowest BCUT2D eigenvalue weighted by molar-refractivity contribution is 0.470. The van der Waals surface area contributed by atoms with Gasteiger partial charge < -0.3 is 5.11 Å². The van der Waals surface area contributed by atoms with Gasteiger partial charge in [-0.3, -0.25) is 0 Å². The molecule has 0 radical (unpaired) electrons. The van der Waals surface area contributed by atoms with E-state index in [0.29, 0.717) is 5.75 Å². The van der Waals surface area contributed by atoms with Gasteiger partial charge in [-0.1, -0.05) is 78.5 Å². The molecule has 0 aliphatic rings. The summed E-state index contributed by atoms with van der Waals surface area (Å²) in [6.07, 6.45) is 0. The Balaban J connectivity index is 2.05. The molecule has 4 rings (SSSR count). The van der Waals surface area contributed by atoms with E-state index in [9.17, 15) is 5.11 Å². The van der Waals surface area contributed by atoms with Gasteiger partial charge in [-0.15, -0.1) is 0 Å².